The monoisotopic (exact) mass is 248 g/mol. The topological polar surface area (TPSA) is 55.1 Å². The van der Waals surface area contributed by atoms with Gasteiger partial charge in [-0.05, 0) is 31.9 Å². The Balaban J connectivity index is 2.20. The zero-order valence-corrected chi connectivity index (χ0v) is 11.2. The highest BCUT2D eigenvalue weighted by Gasteiger charge is 2.08. The van der Waals surface area contributed by atoms with Crippen LogP contribution in [0.15, 0.2) is 30.3 Å². The molecule has 0 fully saturated rings. The molecule has 0 heterocycles. The molecular formula is C15H24N2O. The lowest BCUT2D eigenvalue weighted by Gasteiger charge is -2.14. The summed E-state index contributed by atoms with van der Waals surface area (Å²) in [4.78, 5) is 11.7. The van der Waals surface area contributed by atoms with Crippen LogP contribution in [0.3, 0.4) is 0 Å². The normalized spacial score (nSPS) is 12.1. The minimum absolute atomic E-state index is 0.0859. The van der Waals surface area contributed by atoms with Crippen molar-refractivity contribution in [2.75, 3.05) is 6.54 Å². The standard InChI is InChI=1S/C15H24N2O/c1-13(14-9-5-4-6-10-14)17-15(18)11-7-2-3-8-12-16/h4-6,9-10,13H,2-3,7-8,11-12,16H2,1H3,(H,17,18)/t13-/m0/s1. The van der Waals surface area contributed by atoms with E-state index in [1.54, 1.807) is 0 Å². The van der Waals surface area contributed by atoms with Crippen LogP contribution >= 0.6 is 0 Å². The van der Waals surface area contributed by atoms with Crippen molar-refractivity contribution in [3.63, 3.8) is 0 Å². The lowest BCUT2D eigenvalue weighted by molar-refractivity contribution is -0.121. The van der Waals surface area contributed by atoms with Gasteiger partial charge in [0.05, 0.1) is 6.04 Å². The Morgan fingerprint density at radius 1 is 1.17 bits per heavy atom. The van der Waals surface area contributed by atoms with Crippen molar-refractivity contribution in [2.45, 2.75) is 45.1 Å². The van der Waals surface area contributed by atoms with Crippen molar-refractivity contribution >= 4 is 5.91 Å². The van der Waals surface area contributed by atoms with E-state index in [1.807, 2.05) is 37.3 Å². The molecule has 0 unspecified atom stereocenters. The summed E-state index contributed by atoms with van der Waals surface area (Å²) in [5.41, 5.74) is 6.57. The van der Waals surface area contributed by atoms with Crippen LogP contribution < -0.4 is 11.1 Å². The summed E-state index contributed by atoms with van der Waals surface area (Å²) in [7, 11) is 0. The van der Waals surface area contributed by atoms with Gasteiger partial charge in [-0.3, -0.25) is 4.79 Å². The average Bonchev–Trinajstić information content (AvgIpc) is 2.39. The number of carbonyl (C=O) groups is 1. The van der Waals surface area contributed by atoms with E-state index in [0.717, 1.165) is 37.8 Å². The highest BCUT2D eigenvalue weighted by atomic mass is 16.1. The van der Waals surface area contributed by atoms with Crippen LogP contribution in [0, 0.1) is 0 Å². The number of nitrogens with one attached hydrogen (secondary N) is 1. The van der Waals surface area contributed by atoms with E-state index in [9.17, 15) is 4.79 Å². The molecule has 1 aromatic carbocycles. The highest BCUT2D eigenvalue weighted by Crippen LogP contribution is 2.11. The summed E-state index contributed by atoms with van der Waals surface area (Å²) in [6, 6.07) is 10.1. The third-order valence-electron chi connectivity index (χ3n) is 3.04. The van der Waals surface area contributed by atoms with Gasteiger partial charge in [0.15, 0.2) is 0 Å². The van der Waals surface area contributed by atoms with E-state index in [1.165, 1.54) is 0 Å². The Hall–Kier alpha value is -1.35. The first kappa shape index (κ1) is 14.7. The summed E-state index contributed by atoms with van der Waals surface area (Å²) in [6.07, 6.45) is 4.83. The zero-order chi connectivity index (χ0) is 13.2. The van der Waals surface area contributed by atoms with Crippen LogP contribution in [-0.4, -0.2) is 12.5 Å². The summed E-state index contributed by atoms with van der Waals surface area (Å²) < 4.78 is 0. The third kappa shape index (κ3) is 5.82. The molecule has 1 amide bonds. The molecule has 0 aliphatic carbocycles. The SMILES string of the molecule is C[C@H](NC(=O)CCCCCCN)c1ccccc1. The van der Waals surface area contributed by atoms with Gasteiger partial charge in [-0.1, -0.05) is 43.2 Å². The molecule has 0 aliphatic rings. The number of hydrogen-bond donors (Lipinski definition) is 2. The van der Waals surface area contributed by atoms with E-state index in [-0.39, 0.29) is 11.9 Å². The van der Waals surface area contributed by atoms with E-state index in [0.29, 0.717) is 6.42 Å². The van der Waals surface area contributed by atoms with Crippen molar-refractivity contribution in [1.82, 2.24) is 5.32 Å². The third-order valence-corrected chi connectivity index (χ3v) is 3.04. The summed E-state index contributed by atoms with van der Waals surface area (Å²) in [5, 5.41) is 3.02. The first-order chi connectivity index (χ1) is 8.74. The minimum Gasteiger partial charge on any atom is -0.350 e. The molecule has 3 nitrogen and oxygen atoms in total. The minimum atomic E-state index is 0.0859. The smallest absolute Gasteiger partial charge is 0.220 e. The molecule has 1 atom stereocenters. The van der Waals surface area contributed by atoms with Gasteiger partial charge in [0.1, 0.15) is 0 Å². The number of nitrogens with two attached hydrogens (primary N) is 1. The van der Waals surface area contributed by atoms with Crippen LogP contribution in [0.2, 0.25) is 0 Å². The lowest BCUT2D eigenvalue weighted by Crippen LogP contribution is -2.26. The molecule has 0 bridgehead atoms. The van der Waals surface area contributed by atoms with Gasteiger partial charge in [-0.15, -0.1) is 0 Å². The molecule has 100 valence electrons. The van der Waals surface area contributed by atoms with Gasteiger partial charge in [0.25, 0.3) is 0 Å². The predicted octanol–water partition coefficient (Wildman–Crippen LogP) is 2.77. The van der Waals surface area contributed by atoms with Crippen molar-refractivity contribution < 1.29 is 4.79 Å². The van der Waals surface area contributed by atoms with Gasteiger partial charge >= 0.3 is 0 Å². The number of unbranched alkanes of at least 4 members (excludes halogenated alkanes) is 3. The van der Waals surface area contributed by atoms with Gasteiger partial charge in [0.2, 0.25) is 5.91 Å². The summed E-state index contributed by atoms with van der Waals surface area (Å²) >= 11 is 0. The van der Waals surface area contributed by atoms with E-state index >= 15 is 0 Å². The van der Waals surface area contributed by atoms with E-state index in [2.05, 4.69) is 5.32 Å². The molecule has 0 spiro atoms. The van der Waals surface area contributed by atoms with Crippen LogP contribution in [-0.2, 0) is 4.79 Å². The fourth-order valence-corrected chi connectivity index (χ4v) is 1.92. The first-order valence-corrected chi connectivity index (χ1v) is 6.78. The summed E-state index contributed by atoms with van der Waals surface area (Å²) in [5.74, 6) is 0.138. The van der Waals surface area contributed by atoms with Gasteiger partial charge in [0, 0.05) is 6.42 Å². The van der Waals surface area contributed by atoms with Gasteiger partial charge < -0.3 is 11.1 Å². The Bertz CT molecular complexity index is 338. The van der Waals surface area contributed by atoms with E-state index < -0.39 is 0 Å². The van der Waals surface area contributed by atoms with Gasteiger partial charge in [-0.25, -0.2) is 0 Å². The van der Waals surface area contributed by atoms with Crippen molar-refractivity contribution in [3.05, 3.63) is 35.9 Å². The Morgan fingerprint density at radius 2 is 1.83 bits per heavy atom. The molecule has 3 N–H and O–H groups in total. The zero-order valence-electron chi connectivity index (χ0n) is 11.2. The molecule has 0 radical (unpaired) electrons. The molecule has 0 aromatic heterocycles. The molecule has 0 aliphatic heterocycles. The summed E-state index contributed by atoms with van der Waals surface area (Å²) in [6.45, 7) is 2.76. The molecule has 0 saturated carbocycles. The van der Waals surface area contributed by atoms with Crippen LogP contribution in [0.5, 0.6) is 0 Å². The highest BCUT2D eigenvalue weighted by molar-refractivity contribution is 5.76. The second kappa shape index (κ2) is 8.70. The van der Waals surface area contributed by atoms with Crippen LogP contribution in [0.25, 0.3) is 0 Å². The maximum atomic E-state index is 11.7. The van der Waals surface area contributed by atoms with Crippen molar-refractivity contribution in [2.24, 2.45) is 5.73 Å². The fraction of sp³-hybridized carbons (Fsp3) is 0.533. The maximum absolute atomic E-state index is 11.7. The number of amides is 1. The number of hydrogen-bond acceptors (Lipinski definition) is 2. The first-order valence-electron chi connectivity index (χ1n) is 6.78. The Labute approximate surface area is 110 Å². The molecule has 1 rings (SSSR count). The van der Waals surface area contributed by atoms with Crippen molar-refractivity contribution in [1.29, 1.82) is 0 Å². The van der Waals surface area contributed by atoms with Crippen LogP contribution in [0.4, 0.5) is 0 Å². The Morgan fingerprint density at radius 3 is 2.50 bits per heavy atom. The lowest BCUT2D eigenvalue weighted by atomic mass is 10.1. The molecular weight excluding hydrogens is 224 g/mol. The van der Waals surface area contributed by atoms with Crippen molar-refractivity contribution in [3.8, 4) is 0 Å². The molecule has 0 saturated heterocycles. The predicted molar refractivity (Wildman–Crippen MR) is 75.1 cm³/mol. The van der Waals surface area contributed by atoms with Crippen LogP contribution in [0.1, 0.15) is 50.6 Å². The molecule has 1 aromatic rings. The average molecular weight is 248 g/mol. The van der Waals surface area contributed by atoms with Gasteiger partial charge in [-0.2, -0.15) is 0 Å². The Kier molecular flexibility index (Phi) is 7.11. The number of benzene rings is 1. The second-order valence-electron chi connectivity index (χ2n) is 4.65. The fourth-order valence-electron chi connectivity index (χ4n) is 1.92. The number of rotatable bonds is 8. The molecule has 18 heavy (non-hydrogen) atoms. The second-order valence-corrected chi connectivity index (χ2v) is 4.65. The van der Waals surface area contributed by atoms with E-state index in [4.69, 9.17) is 5.73 Å². The molecule has 3 heteroatoms. The number of carbonyl (C=O) groups excluding carboxylic acids is 1. The maximum Gasteiger partial charge on any atom is 0.220 e. The quantitative estimate of drug-likeness (QED) is 0.695. The largest absolute Gasteiger partial charge is 0.350 e.